The molecule has 40 heavy (non-hydrogen) atoms. The number of fused-ring (bicyclic) bond motifs is 3. The Morgan fingerprint density at radius 1 is 0.550 bits per heavy atom. The molecule has 10 nitrogen and oxygen atoms in total. The zero-order valence-corrected chi connectivity index (χ0v) is 24.9. The van der Waals surface area contributed by atoms with Crippen LogP contribution in [0.4, 0.5) is 23.0 Å². The average Bonchev–Trinajstić information content (AvgIpc) is 2.83. The van der Waals surface area contributed by atoms with Gasteiger partial charge in [-0.3, -0.25) is 19.4 Å². The average molecular weight is 551 g/mol. The van der Waals surface area contributed by atoms with Gasteiger partial charge in [0.1, 0.15) is 45.4 Å². The van der Waals surface area contributed by atoms with Gasteiger partial charge in [-0.15, -0.1) is 0 Å². The molecule has 0 atom stereocenters. The zero-order valence-electron chi connectivity index (χ0n) is 24.9. The number of hydrogen-bond acceptors (Lipinski definition) is 8. The van der Waals surface area contributed by atoms with Crippen molar-refractivity contribution in [2.45, 2.75) is 93.7 Å². The lowest BCUT2D eigenvalue weighted by molar-refractivity contribution is -0.117. The van der Waals surface area contributed by atoms with E-state index in [-0.39, 0.29) is 47.9 Å². The number of ether oxygens (including phenoxy) is 4. The van der Waals surface area contributed by atoms with E-state index in [9.17, 15) is 9.59 Å². The molecule has 10 heteroatoms. The van der Waals surface area contributed by atoms with Gasteiger partial charge in [0.25, 0.3) is 0 Å². The molecule has 1 aliphatic rings. The molecule has 0 N–H and O–H groups in total. The fourth-order valence-corrected chi connectivity index (χ4v) is 4.57. The highest BCUT2D eigenvalue weighted by atomic mass is 16.5. The number of nitrogens with zero attached hydrogens (tertiary/aromatic N) is 4. The van der Waals surface area contributed by atoms with E-state index in [1.807, 2.05) is 55.4 Å². The van der Waals surface area contributed by atoms with E-state index < -0.39 is 0 Å². The predicted octanol–water partition coefficient (Wildman–Crippen LogP) is 6.46. The van der Waals surface area contributed by atoms with Crippen LogP contribution >= 0.6 is 0 Å². The molecule has 0 saturated carbocycles. The van der Waals surface area contributed by atoms with Gasteiger partial charge in [0.05, 0.1) is 24.4 Å². The molecule has 2 aromatic carbocycles. The first-order chi connectivity index (χ1) is 18.8. The van der Waals surface area contributed by atoms with Gasteiger partial charge in [-0.25, -0.2) is 9.97 Å². The van der Waals surface area contributed by atoms with Crippen LogP contribution in [0.25, 0.3) is 11.0 Å². The Morgan fingerprint density at radius 2 is 0.825 bits per heavy atom. The number of carbonyl (C=O) groups excluding carboxylic acids is 2. The summed E-state index contributed by atoms with van der Waals surface area (Å²) >= 11 is 0. The number of aromatic nitrogens is 2. The number of amides is 2. The Kier molecular flexibility index (Phi) is 8.09. The van der Waals surface area contributed by atoms with E-state index in [1.54, 1.807) is 24.3 Å². The molecule has 0 saturated heterocycles. The Labute approximate surface area is 235 Å². The summed E-state index contributed by atoms with van der Waals surface area (Å²) in [4.78, 5) is 39.5. The van der Waals surface area contributed by atoms with Gasteiger partial charge in [0.2, 0.25) is 11.8 Å². The van der Waals surface area contributed by atoms with E-state index in [2.05, 4.69) is 0 Å². The van der Waals surface area contributed by atoms with Crippen LogP contribution in [0.3, 0.4) is 0 Å². The van der Waals surface area contributed by atoms with Crippen LogP contribution in [0.2, 0.25) is 0 Å². The molecule has 0 radical (unpaired) electrons. The van der Waals surface area contributed by atoms with Gasteiger partial charge in [-0.1, -0.05) is 0 Å². The normalized spacial score (nSPS) is 12.8. The molecule has 0 fully saturated rings. The Bertz CT molecular complexity index is 1340. The molecule has 0 aliphatic carbocycles. The van der Waals surface area contributed by atoms with Crippen molar-refractivity contribution in [3.8, 4) is 23.0 Å². The standard InChI is InChI=1S/C30H38N4O6/c1-15(2)37-21-11-12-22(38-16(3)4)26-25(21)31-29-30(32-26)34(20(10)36)28-24(40-18(7)8)14-13-23(39-17(5)6)27(28)33(29)19(9)35/h11-18H,1-10H3. The number of benzene rings is 2. The Balaban J connectivity index is 2.15. The van der Waals surface area contributed by atoms with Crippen molar-refractivity contribution < 1.29 is 28.5 Å². The fourth-order valence-electron chi connectivity index (χ4n) is 4.57. The van der Waals surface area contributed by atoms with Crippen LogP contribution in [-0.2, 0) is 9.59 Å². The zero-order chi connectivity index (χ0) is 29.5. The van der Waals surface area contributed by atoms with E-state index in [0.29, 0.717) is 45.4 Å². The summed E-state index contributed by atoms with van der Waals surface area (Å²) in [5.74, 6) is 1.45. The second-order valence-corrected chi connectivity index (χ2v) is 10.8. The molecule has 0 spiro atoms. The van der Waals surface area contributed by atoms with Crippen LogP contribution in [0.1, 0.15) is 69.2 Å². The van der Waals surface area contributed by atoms with Crippen molar-refractivity contribution in [1.82, 2.24) is 9.97 Å². The first-order valence-electron chi connectivity index (χ1n) is 13.6. The highest BCUT2D eigenvalue weighted by Crippen LogP contribution is 2.55. The SMILES string of the molecule is CC(=O)N1c2nc3c(OC(C)C)ccc(OC(C)C)c3nc2N(C(C)=O)c2c(OC(C)C)ccc(OC(C)C)c21. The first kappa shape index (κ1) is 28.9. The van der Waals surface area contributed by atoms with Crippen molar-refractivity contribution in [3.05, 3.63) is 24.3 Å². The van der Waals surface area contributed by atoms with Crippen molar-refractivity contribution >= 4 is 45.9 Å². The van der Waals surface area contributed by atoms with Crippen molar-refractivity contribution in [2.24, 2.45) is 0 Å². The molecular formula is C30H38N4O6. The molecule has 1 aliphatic heterocycles. The predicted molar refractivity (Wildman–Crippen MR) is 155 cm³/mol. The summed E-state index contributed by atoms with van der Waals surface area (Å²) in [5.41, 5.74) is 1.53. The van der Waals surface area contributed by atoms with Gasteiger partial charge < -0.3 is 18.9 Å². The maximum absolute atomic E-state index is 13.4. The molecule has 214 valence electrons. The summed E-state index contributed by atoms with van der Waals surface area (Å²) in [6.07, 6.45) is -0.686. The monoisotopic (exact) mass is 550 g/mol. The van der Waals surface area contributed by atoms with Gasteiger partial charge in [0, 0.05) is 13.8 Å². The van der Waals surface area contributed by atoms with Crippen LogP contribution in [0.5, 0.6) is 23.0 Å². The number of rotatable bonds is 8. The quantitative estimate of drug-likeness (QED) is 0.315. The van der Waals surface area contributed by atoms with E-state index in [1.165, 1.54) is 23.6 Å². The summed E-state index contributed by atoms with van der Waals surface area (Å²) in [7, 11) is 0. The van der Waals surface area contributed by atoms with Crippen molar-refractivity contribution in [3.63, 3.8) is 0 Å². The maximum atomic E-state index is 13.4. The van der Waals surface area contributed by atoms with E-state index in [0.717, 1.165) is 0 Å². The smallest absolute Gasteiger partial charge is 0.229 e. The van der Waals surface area contributed by atoms with Crippen LogP contribution in [0, 0.1) is 0 Å². The van der Waals surface area contributed by atoms with Crippen molar-refractivity contribution in [1.29, 1.82) is 0 Å². The summed E-state index contributed by atoms with van der Waals surface area (Å²) in [6, 6.07) is 7.04. The number of hydrogen-bond donors (Lipinski definition) is 0. The molecule has 3 aromatic rings. The van der Waals surface area contributed by atoms with Crippen molar-refractivity contribution in [2.75, 3.05) is 9.80 Å². The van der Waals surface area contributed by atoms with Gasteiger partial charge in [0.15, 0.2) is 11.6 Å². The van der Waals surface area contributed by atoms with E-state index in [4.69, 9.17) is 28.9 Å². The largest absolute Gasteiger partial charge is 0.489 e. The third kappa shape index (κ3) is 5.48. The Hall–Kier alpha value is -4.08. The van der Waals surface area contributed by atoms with Crippen LogP contribution < -0.4 is 28.7 Å². The minimum atomic E-state index is -0.337. The fraction of sp³-hybridized carbons (Fsp3) is 0.467. The second-order valence-electron chi connectivity index (χ2n) is 10.8. The maximum Gasteiger partial charge on any atom is 0.229 e. The topological polar surface area (TPSA) is 103 Å². The van der Waals surface area contributed by atoms with Crippen LogP contribution in [0.15, 0.2) is 24.3 Å². The van der Waals surface area contributed by atoms with Gasteiger partial charge >= 0.3 is 0 Å². The summed E-state index contributed by atoms with van der Waals surface area (Å²) in [5, 5.41) is 0. The van der Waals surface area contributed by atoms with Crippen LogP contribution in [-0.4, -0.2) is 46.2 Å². The van der Waals surface area contributed by atoms with E-state index >= 15 is 0 Å². The summed E-state index contributed by atoms with van der Waals surface area (Å²) < 4.78 is 24.4. The summed E-state index contributed by atoms with van der Waals surface area (Å²) in [6.45, 7) is 18.1. The second kappa shape index (κ2) is 11.2. The minimum absolute atomic E-state index is 0.141. The molecular weight excluding hydrogens is 512 g/mol. The molecule has 2 amide bonds. The lowest BCUT2D eigenvalue weighted by atomic mass is 10.1. The lowest BCUT2D eigenvalue weighted by Crippen LogP contribution is -2.37. The highest BCUT2D eigenvalue weighted by molar-refractivity contribution is 6.17. The Morgan fingerprint density at radius 3 is 1.10 bits per heavy atom. The molecule has 2 heterocycles. The number of anilines is 4. The first-order valence-corrected chi connectivity index (χ1v) is 13.6. The minimum Gasteiger partial charge on any atom is -0.489 e. The van der Waals surface area contributed by atoms with Gasteiger partial charge in [-0.05, 0) is 79.7 Å². The van der Waals surface area contributed by atoms with Gasteiger partial charge in [-0.2, -0.15) is 0 Å². The molecule has 0 unspecified atom stereocenters. The molecule has 0 bridgehead atoms. The number of carbonyl (C=O) groups is 2. The lowest BCUT2D eigenvalue weighted by Gasteiger charge is -2.38. The third-order valence-electron chi connectivity index (χ3n) is 5.74. The molecule has 4 rings (SSSR count). The highest BCUT2D eigenvalue weighted by Gasteiger charge is 2.41. The third-order valence-corrected chi connectivity index (χ3v) is 5.74. The molecule has 1 aromatic heterocycles.